The zero-order valence-electron chi connectivity index (χ0n) is 24.7. The summed E-state index contributed by atoms with van der Waals surface area (Å²) in [4.78, 5) is 29.5. The van der Waals surface area contributed by atoms with Gasteiger partial charge in [-0.3, -0.25) is 13.9 Å². The Morgan fingerprint density at radius 3 is 2.33 bits per heavy atom. The Hall–Kier alpha value is -3.85. The topological polar surface area (TPSA) is 96.0 Å². The molecule has 0 radical (unpaired) electrons. The van der Waals surface area contributed by atoms with E-state index in [4.69, 9.17) is 4.74 Å². The Bertz CT molecular complexity index is 1460. The standard InChI is InChI=1S/C33H41N3O5S/c1-4-31(33(38)34-27-15-7-5-8-16-27)35(23-26-14-11-13-25(2)21-26)32(37)24-36(28-17-12-18-29(22-28)41-3)42(39,40)30-19-9-6-10-20-30/h6,9-14,17-22,27,31H,4-5,7-8,15-16,23-24H2,1-3H3,(H,34,38). The number of nitrogens with one attached hydrogen (secondary N) is 1. The molecule has 0 aromatic heterocycles. The van der Waals surface area contributed by atoms with E-state index in [1.807, 2.05) is 38.1 Å². The monoisotopic (exact) mass is 591 g/mol. The fourth-order valence-electron chi connectivity index (χ4n) is 5.49. The summed E-state index contributed by atoms with van der Waals surface area (Å²) >= 11 is 0. The van der Waals surface area contributed by atoms with Crippen LogP contribution in [0.1, 0.15) is 56.6 Å². The Morgan fingerprint density at radius 1 is 0.952 bits per heavy atom. The molecule has 0 spiro atoms. The van der Waals surface area contributed by atoms with Gasteiger partial charge in [-0.05, 0) is 56.0 Å². The first-order chi connectivity index (χ1) is 20.2. The van der Waals surface area contributed by atoms with E-state index in [9.17, 15) is 18.0 Å². The third kappa shape index (κ3) is 7.70. The van der Waals surface area contributed by atoms with Crippen molar-refractivity contribution in [3.63, 3.8) is 0 Å². The van der Waals surface area contributed by atoms with Crippen molar-refractivity contribution in [2.45, 2.75) is 75.9 Å². The first kappa shape index (κ1) is 31.1. The van der Waals surface area contributed by atoms with Gasteiger partial charge in [-0.1, -0.05) is 80.3 Å². The second kappa shape index (κ2) is 14.4. The molecule has 1 atom stereocenters. The minimum Gasteiger partial charge on any atom is -0.497 e. The smallest absolute Gasteiger partial charge is 0.264 e. The summed E-state index contributed by atoms with van der Waals surface area (Å²) in [5.41, 5.74) is 2.19. The van der Waals surface area contributed by atoms with Gasteiger partial charge in [0.2, 0.25) is 11.8 Å². The van der Waals surface area contributed by atoms with Gasteiger partial charge in [0.05, 0.1) is 17.7 Å². The number of ether oxygens (including phenoxy) is 1. The summed E-state index contributed by atoms with van der Waals surface area (Å²) < 4.78 is 34.4. The minimum atomic E-state index is -4.13. The molecule has 1 aliphatic rings. The van der Waals surface area contributed by atoms with Crippen LogP contribution in [0.5, 0.6) is 5.75 Å². The highest BCUT2D eigenvalue weighted by Crippen LogP contribution is 2.28. The number of anilines is 1. The summed E-state index contributed by atoms with van der Waals surface area (Å²) in [5.74, 6) is -0.211. The second-order valence-corrected chi connectivity index (χ2v) is 12.7. The second-order valence-electron chi connectivity index (χ2n) is 10.8. The zero-order chi connectivity index (χ0) is 30.1. The molecule has 0 bridgehead atoms. The molecule has 1 saturated carbocycles. The third-order valence-corrected chi connectivity index (χ3v) is 9.51. The average Bonchev–Trinajstić information content (AvgIpc) is 3.00. The fourth-order valence-corrected chi connectivity index (χ4v) is 6.91. The molecule has 0 aliphatic heterocycles. The van der Waals surface area contributed by atoms with E-state index in [1.54, 1.807) is 42.5 Å². The molecule has 224 valence electrons. The highest BCUT2D eigenvalue weighted by atomic mass is 32.2. The lowest BCUT2D eigenvalue weighted by atomic mass is 9.95. The largest absolute Gasteiger partial charge is 0.497 e. The maximum atomic E-state index is 14.3. The van der Waals surface area contributed by atoms with Crippen molar-refractivity contribution >= 4 is 27.5 Å². The van der Waals surface area contributed by atoms with Crippen LogP contribution >= 0.6 is 0 Å². The van der Waals surface area contributed by atoms with E-state index in [1.165, 1.54) is 24.1 Å². The molecule has 0 heterocycles. The number of aryl methyl sites for hydroxylation is 1. The first-order valence-electron chi connectivity index (χ1n) is 14.6. The first-order valence-corrected chi connectivity index (χ1v) is 16.0. The molecule has 1 fully saturated rings. The molecule has 3 aromatic carbocycles. The van der Waals surface area contributed by atoms with E-state index in [0.29, 0.717) is 17.9 Å². The zero-order valence-corrected chi connectivity index (χ0v) is 25.5. The fraction of sp³-hybridized carbons (Fsp3) is 0.394. The van der Waals surface area contributed by atoms with Gasteiger partial charge in [0.1, 0.15) is 18.3 Å². The normalized spacial score (nSPS) is 14.5. The molecule has 4 rings (SSSR count). The Kier molecular flexibility index (Phi) is 10.6. The maximum absolute atomic E-state index is 14.3. The van der Waals surface area contributed by atoms with Crippen LogP contribution in [-0.4, -0.2) is 50.9 Å². The van der Waals surface area contributed by atoms with Crippen LogP contribution in [0.4, 0.5) is 5.69 Å². The van der Waals surface area contributed by atoms with Crippen molar-refractivity contribution in [1.82, 2.24) is 10.2 Å². The Balaban J connectivity index is 1.71. The van der Waals surface area contributed by atoms with E-state index >= 15 is 0 Å². The Morgan fingerprint density at radius 2 is 1.67 bits per heavy atom. The van der Waals surface area contributed by atoms with Gasteiger partial charge in [-0.25, -0.2) is 8.42 Å². The molecular formula is C33H41N3O5S. The van der Waals surface area contributed by atoms with Crippen LogP contribution in [0.25, 0.3) is 0 Å². The van der Waals surface area contributed by atoms with Gasteiger partial charge in [-0.15, -0.1) is 0 Å². The number of benzene rings is 3. The Labute approximate surface area is 249 Å². The summed E-state index contributed by atoms with van der Waals surface area (Å²) in [6.45, 7) is 3.54. The number of rotatable bonds is 12. The van der Waals surface area contributed by atoms with Gasteiger partial charge in [0, 0.05) is 18.7 Å². The summed E-state index contributed by atoms with van der Waals surface area (Å²) in [5, 5.41) is 3.18. The number of sulfonamides is 1. The van der Waals surface area contributed by atoms with Crippen molar-refractivity contribution in [3.8, 4) is 5.75 Å². The van der Waals surface area contributed by atoms with E-state index in [-0.39, 0.29) is 23.4 Å². The van der Waals surface area contributed by atoms with Crippen molar-refractivity contribution in [1.29, 1.82) is 0 Å². The number of hydrogen-bond donors (Lipinski definition) is 1. The molecular weight excluding hydrogens is 550 g/mol. The van der Waals surface area contributed by atoms with Crippen molar-refractivity contribution in [2.75, 3.05) is 18.0 Å². The van der Waals surface area contributed by atoms with E-state index < -0.39 is 28.5 Å². The van der Waals surface area contributed by atoms with Crippen molar-refractivity contribution < 1.29 is 22.7 Å². The van der Waals surface area contributed by atoms with Crippen LogP contribution in [0.3, 0.4) is 0 Å². The number of hydrogen-bond acceptors (Lipinski definition) is 5. The van der Waals surface area contributed by atoms with Crippen LogP contribution in [0.2, 0.25) is 0 Å². The number of carbonyl (C=O) groups is 2. The molecule has 3 aromatic rings. The van der Waals surface area contributed by atoms with Crippen LogP contribution < -0.4 is 14.4 Å². The van der Waals surface area contributed by atoms with Crippen LogP contribution in [0.15, 0.2) is 83.8 Å². The molecule has 8 nitrogen and oxygen atoms in total. The van der Waals surface area contributed by atoms with E-state index in [2.05, 4.69) is 5.32 Å². The van der Waals surface area contributed by atoms with Gasteiger partial charge < -0.3 is 15.0 Å². The number of amides is 2. The van der Waals surface area contributed by atoms with Gasteiger partial charge in [0.15, 0.2) is 0 Å². The number of carbonyl (C=O) groups excluding carboxylic acids is 2. The predicted octanol–water partition coefficient (Wildman–Crippen LogP) is 5.46. The molecule has 1 unspecified atom stereocenters. The molecule has 1 aliphatic carbocycles. The van der Waals surface area contributed by atoms with E-state index in [0.717, 1.165) is 47.5 Å². The quantitative estimate of drug-likeness (QED) is 0.302. The minimum absolute atomic E-state index is 0.0629. The lowest BCUT2D eigenvalue weighted by Crippen LogP contribution is -2.54. The lowest BCUT2D eigenvalue weighted by molar-refractivity contribution is -0.140. The SMILES string of the molecule is CCC(C(=O)NC1CCCCC1)N(Cc1cccc(C)c1)C(=O)CN(c1cccc(OC)c1)S(=O)(=O)c1ccccc1. The summed E-state index contributed by atoms with van der Waals surface area (Å²) in [6, 6.07) is 21.8. The molecule has 42 heavy (non-hydrogen) atoms. The van der Waals surface area contributed by atoms with Crippen LogP contribution in [-0.2, 0) is 26.2 Å². The highest BCUT2D eigenvalue weighted by molar-refractivity contribution is 7.92. The molecule has 2 amide bonds. The van der Waals surface area contributed by atoms with Gasteiger partial charge in [0.25, 0.3) is 10.0 Å². The summed E-state index contributed by atoms with van der Waals surface area (Å²) in [7, 11) is -2.63. The highest BCUT2D eigenvalue weighted by Gasteiger charge is 2.34. The maximum Gasteiger partial charge on any atom is 0.264 e. The van der Waals surface area contributed by atoms with Gasteiger partial charge in [-0.2, -0.15) is 0 Å². The van der Waals surface area contributed by atoms with Gasteiger partial charge >= 0.3 is 0 Å². The average molecular weight is 592 g/mol. The molecule has 9 heteroatoms. The number of methoxy groups -OCH3 is 1. The van der Waals surface area contributed by atoms with Crippen molar-refractivity contribution in [2.24, 2.45) is 0 Å². The molecule has 0 saturated heterocycles. The molecule has 1 N–H and O–H groups in total. The predicted molar refractivity (Wildman–Crippen MR) is 165 cm³/mol. The third-order valence-electron chi connectivity index (χ3n) is 7.72. The number of nitrogens with zero attached hydrogens (tertiary/aromatic N) is 2. The lowest BCUT2D eigenvalue weighted by Gasteiger charge is -2.34. The van der Waals surface area contributed by atoms with Crippen LogP contribution in [0, 0.1) is 6.92 Å². The van der Waals surface area contributed by atoms with Crippen molar-refractivity contribution in [3.05, 3.63) is 90.0 Å². The summed E-state index contributed by atoms with van der Waals surface area (Å²) in [6.07, 6.45) is 5.54.